The number of hydrogen-bond donors (Lipinski definition) is 2. The summed E-state index contributed by atoms with van der Waals surface area (Å²) in [5, 5.41) is 67.1. The van der Waals surface area contributed by atoms with E-state index in [2.05, 4.69) is 192 Å². The van der Waals surface area contributed by atoms with E-state index in [-0.39, 0.29) is 121 Å². The molecular formula is C116H127BBrN13O16SSi. The molecule has 8 unspecified atom stereocenters. The average molecular weight is 2110 g/mol. The van der Waals surface area contributed by atoms with Crippen LogP contribution < -0.4 is 24.4 Å². The van der Waals surface area contributed by atoms with Crippen LogP contribution in [0.3, 0.4) is 0 Å². The Hall–Kier alpha value is -13.4. The van der Waals surface area contributed by atoms with Gasteiger partial charge in [-0.15, -0.1) is 10.2 Å². The topological polar surface area (TPSA) is 385 Å². The van der Waals surface area contributed by atoms with Crippen molar-refractivity contribution in [3.05, 3.63) is 236 Å². The molecule has 0 radical (unpaired) electrons. The van der Waals surface area contributed by atoms with E-state index in [9.17, 15) is 45.2 Å². The predicted molar refractivity (Wildman–Crippen MR) is 572 cm³/mol. The lowest BCUT2D eigenvalue weighted by Gasteiger charge is -2.37. The molecule has 8 atom stereocenters. The second-order valence-electron chi connectivity index (χ2n) is 42.9. The van der Waals surface area contributed by atoms with Gasteiger partial charge in [0.25, 0.3) is 0 Å². The summed E-state index contributed by atoms with van der Waals surface area (Å²) in [4.78, 5) is 71.0. The van der Waals surface area contributed by atoms with E-state index in [1.807, 2.05) is 115 Å². The molecule has 8 aromatic carbocycles. The van der Waals surface area contributed by atoms with Gasteiger partial charge in [-0.2, -0.15) is 21.0 Å². The number of carbonyl (C=O) groups is 4. The number of aliphatic hydroxyl groups excluding tert-OH is 2. The van der Waals surface area contributed by atoms with Crippen molar-refractivity contribution in [1.82, 2.24) is 44.7 Å². The molecule has 0 spiro atoms. The van der Waals surface area contributed by atoms with Gasteiger partial charge in [-0.25, -0.2) is 15.0 Å². The number of amides is 4. The third kappa shape index (κ3) is 22.2. The second kappa shape index (κ2) is 44.4. The first-order valence-electron chi connectivity index (χ1n) is 51.3. The van der Waals surface area contributed by atoms with Crippen molar-refractivity contribution in [2.45, 2.75) is 246 Å². The normalized spacial score (nSPS) is 19.6. The molecule has 9 heterocycles. The standard InChI is InChI=1S/C27H27N3O3.C26H25N3O4.C25H40BNO4Si.C25H24N4O3S.C13H11BrN2O2/c1-4-10-30-25(31)13-18-12-22-20(6-5-7-21(22)26(18)30)24-15-29-27(33-24)17-8-9-23(32-16(2)3)19(11-17)14-28;1-15(2)32-22-7-6-16(10-18(22)13-27)26-28-14-23(33-26)19-4-3-5-20-21(19)11-17-12-24(31)29(8-9-30)25(17)20;1-23(2,3)32(8,9)29-14-13-27-21(28)16-17-15-19-18(22(17)27)11-10-12-20(19)26-30-24(4,5)25(6,7)31-26;1-14(2)32-21-7-6-15(10-17(21)13-26)24-27-28-25(33-24)19-5-3-4-18-20(19)11-16-12-22(31)29(8-9-30)23(16)18;1-8(2)17-11-4-3-9(5-10(11)6-15)13-16-7-12(14)18-13/h5-9,11,15-16,18,26H,4,10,12-13H2,1-3H3;3-7,10,14-15,17,25,30H,8-9,11-12H2,1-2H3;10-12,17,22H,13-16H2,1-9H3;3-7,10,14,16,23,30H,8-9,11-12H2,1-2H3;3-5,7-8H,1-2H3. The highest BCUT2D eigenvalue weighted by Crippen LogP contribution is 2.55. The number of aliphatic hydroxyl groups is 2. The monoisotopic (exact) mass is 2110 g/mol. The molecule has 4 aliphatic carbocycles. The van der Waals surface area contributed by atoms with Gasteiger partial charge in [-0.05, 0) is 296 Å². The molecule has 4 amide bonds. The highest BCUT2D eigenvalue weighted by molar-refractivity contribution is 9.10. The summed E-state index contributed by atoms with van der Waals surface area (Å²) in [5.41, 5.74) is 18.0. The fraction of sp³-hybridized carbons (Fsp3) is 0.422. The third-order valence-electron chi connectivity index (χ3n) is 30.0. The lowest BCUT2D eigenvalue weighted by molar-refractivity contribution is -0.130. The van der Waals surface area contributed by atoms with Gasteiger partial charge in [0.1, 0.15) is 57.3 Å². The fourth-order valence-electron chi connectivity index (χ4n) is 21.7. The van der Waals surface area contributed by atoms with E-state index in [1.165, 1.54) is 44.7 Å². The smallest absolute Gasteiger partial charge is 0.490 e. The van der Waals surface area contributed by atoms with Crippen LogP contribution in [-0.4, -0.2) is 176 Å². The number of halogens is 1. The number of β-amino-alcohol motifs (C(OH)–C–C–N with tert-alkyl or cyclic N) is 2. The molecule has 772 valence electrons. The SMILES string of the molecule is CC(C)Oc1ccc(-c2ncc(-c3cccc4c3CC3CC(=O)N(CCO)C43)o2)cc1C#N.CC(C)Oc1ccc(-c2ncc(Br)o2)cc1C#N.CC(C)Oc1ccc(-c2nnc(-c3cccc4c3CC3CC(=O)N(CCO)C43)s2)cc1C#N.CC1(C)OB(c2cccc3c2CC2CC(=O)N(CCO[Si](C)(C)C(C)(C)C)C32)OC1(C)C.CCCN1C(=O)CC2Cc3c(-c4cnc(-c5ccc(OC(C)C)c(C#N)c5)o4)cccc3C21. The molecular weight excluding hydrogens is 1980 g/mol. The van der Waals surface area contributed by atoms with E-state index in [0.29, 0.717) is 148 Å². The van der Waals surface area contributed by atoms with E-state index < -0.39 is 8.32 Å². The molecule has 12 aromatic rings. The van der Waals surface area contributed by atoms with Crippen LogP contribution in [-0.2, 0) is 58.6 Å². The van der Waals surface area contributed by atoms with E-state index in [4.69, 9.17) is 51.2 Å². The largest absolute Gasteiger partial charge is 0.495 e. The number of nitriles is 4. The maximum atomic E-state index is 12.9. The Labute approximate surface area is 884 Å². The number of nitrogens with zero attached hydrogens (tertiary/aromatic N) is 13. The summed E-state index contributed by atoms with van der Waals surface area (Å²) in [6.07, 6.45) is 11.6. The number of carbonyl (C=O) groups excluding carboxylic acids is 4. The van der Waals surface area contributed by atoms with Gasteiger partial charge in [-0.3, -0.25) is 19.2 Å². The Morgan fingerprint density at radius 1 is 0.450 bits per heavy atom. The predicted octanol–water partition coefficient (Wildman–Crippen LogP) is 21.8. The molecule has 9 aliphatic rings. The molecule has 149 heavy (non-hydrogen) atoms. The Kier molecular flexibility index (Phi) is 31.8. The van der Waals surface area contributed by atoms with Crippen LogP contribution in [0, 0.1) is 69.0 Å². The van der Waals surface area contributed by atoms with Gasteiger partial charge < -0.3 is 75.7 Å². The Bertz CT molecular complexity index is 6740. The number of oxazole rings is 3. The Morgan fingerprint density at radius 3 is 1.15 bits per heavy atom. The summed E-state index contributed by atoms with van der Waals surface area (Å²) in [5.74, 6) is 6.82. The number of fused-ring (bicyclic) bond motifs is 12. The van der Waals surface area contributed by atoms with Gasteiger partial charge in [-0.1, -0.05) is 112 Å². The van der Waals surface area contributed by atoms with Crippen LogP contribution in [0.15, 0.2) is 182 Å². The Balaban J connectivity index is 0.000000128. The summed E-state index contributed by atoms with van der Waals surface area (Å²) in [6.45, 7) is 39.9. The van der Waals surface area contributed by atoms with E-state index in [1.54, 1.807) is 66.0 Å². The molecule has 2 N–H and O–H groups in total. The Morgan fingerprint density at radius 2 is 0.785 bits per heavy atom. The highest BCUT2D eigenvalue weighted by Gasteiger charge is 2.56. The van der Waals surface area contributed by atoms with Crippen molar-refractivity contribution < 1.29 is 75.3 Å². The zero-order chi connectivity index (χ0) is 106. The second-order valence-corrected chi connectivity index (χ2v) is 49.4. The zero-order valence-electron chi connectivity index (χ0n) is 87.6. The first kappa shape index (κ1) is 107. The first-order valence-corrected chi connectivity index (χ1v) is 55.8. The number of ether oxygens (including phenoxy) is 4. The summed E-state index contributed by atoms with van der Waals surface area (Å²) < 4.78 is 60.0. The van der Waals surface area contributed by atoms with E-state index >= 15 is 0 Å². The van der Waals surface area contributed by atoms with Gasteiger partial charge in [0.15, 0.2) is 24.5 Å². The van der Waals surface area contributed by atoms with E-state index in [0.717, 1.165) is 98.6 Å². The van der Waals surface area contributed by atoms with Crippen molar-refractivity contribution in [2.24, 2.45) is 23.7 Å². The lowest BCUT2D eigenvalue weighted by atomic mass is 9.74. The molecule has 5 aliphatic heterocycles. The molecule has 0 bridgehead atoms. The minimum Gasteiger partial charge on any atom is -0.490 e. The zero-order valence-corrected chi connectivity index (χ0v) is 91.0. The van der Waals surface area contributed by atoms with Crippen LogP contribution >= 0.6 is 27.3 Å². The number of rotatable bonds is 26. The first-order chi connectivity index (χ1) is 71.2. The van der Waals surface area contributed by atoms with Crippen molar-refractivity contribution in [1.29, 1.82) is 21.0 Å². The average Bonchev–Trinajstić information content (AvgIpc) is 1.60. The number of benzene rings is 8. The minimum atomic E-state index is -1.83. The molecule has 21 rings (SSSR count). The number of likely N-dealkylation sites (tertiary alicyclic amines) is 4. The highest BCUT2D eigenvalue weighted by atomic mass is 79.9. The molecule has 29 nitrogen and oxygen atoms in total. The molecule has 33 heteroatoms. The molecule has 0 saturated carbocycles. The van der Waals surface area contributed by atoms with Gasteiger partial charge in [0.2, 0.25) is 41.3 Å². The maximum Gasteiger partial charge on any atom is 0.495 e. The summed E-state index contributed by atoms with van der Waals surface area (Å²) in [7, 11) is -2.19. The lowest BCUT2D eigenvalue weighted by Crippen LogP contribution is -2.43. The van der Waals surface area contributed by atoms with Gasteiger partial charge >= 0.3 is 7.12 Å². The molecule has 5 saturated heterocycles. The van der Waals surface area contributed by atoms with Crippen LogP contribution in [0.1, 0.15) is 234 Å². The van der Waals surface area contributed by atoms with Crippen molar-refractivity contribution >= 4 is 71.8 Å². The summed E-state index contributed by atoms with van der Waals surface area (Å²) in [6, 6.07) is 55.4. The van der Waals surface area contributed by atoms with Crippen LogP contribution in [0.2, 0.25) is 18.1 Å². The van der Waals surface area contributed by atoms with Crippen molar-refractivity contribution in [3.63, 3.8) is 0 Å². The third-order valence-corrected chi connectivity index (χ3v) is 35.9. The number of hydrogen-bond acceptors (Lipinski definition) is 26. The van der Waals surface area contributed by atoms with Gasteiger partial charge in [0, 0.05) is 90.8 Å². The quantitative estimate of drug-likeness (QED) is 0.0475. The summed E-state index contributed by atoms with van der Waals surface area (Å²) >= 11 is 4.68. The van der Waals surface area contributed by atoms with Crippen LogP contribution in [0.25, 0.3) is 78.2 Å². The van der Waals surface area contributed by atoms with Crippen molar-refractivity contribution in [2.75, 3.05) is 46.0 Å². The fourth-order valence-corrected chi connectivity index (χ4v) is 23.9. The molecule has 4 aromatic heterocycles. The van der Waals surface area contributed by atoms with Crippen molar-refractivity contribution in [3.8, 4) is 125 Å². The van der Waals surface area contributed by atoms with Crippen LogP contribution in [0.4, 0.5) is 0 Å². The molecule has 5 fully saturated rings. The van der Waals surface area contributed by atoms with Crippen LogP contribution in [0.5, 0.6) is 23.0 Å². The minimum absolute atomic E-state index is 0.00804. The maximum absolute atomic E-state index is 12.9. The number of aromatic nitrogens is 5. The van der Waals surface area contributed by atoms with Gasteiger partial charge in [0.05, 0.1) is 120 Å².